The van der Waals surface area contributed by atoms with E-state index in [0.717, 1.165) is 24.2 Å². The fourth-order valence-electron chi connectivity index (χ4n) is 2.09. The smallest absolute Gasteiger partial charge is 0.227 e. The molecule has 22 heavy (non-hydrogen) atoms. The van der Waals surface area contributed by atoms with Crippen LogP contribution in [-0.4, -0.2) is 31.2 Å². The first kappa shape index (κ1) is 12.7. The molecule has 2 aromatic heterocycles. The lowest BCUT2D eigenvalue weighted by Gasteiger charge is -2.07. The summed E-state index contributed by atoms with van der Waals surface area (Å²) in [5.74, 6) is 0.936. The van der Waals surface area contributed by atoms with Crippen LogP contribution in [0.1, 0.15) is 12.8 Å². The number of anilines is 3. The number of tetrazole rings is 1. The number of nitrogens with zero attached hydrogens (tertiary/aromatic N) is 5. The Bertz CT molecular complexity index is 823. The van der Waals surface area contributed by atoms with Crippen LogP contribution in [0.3, 0.4) is 0 Å². The Morgan fingerprint density at radius 2 is 1.86 bits per heavy atom. The fraction of sp³-hybridized carbons (Fsp3) is 0.214. The zero-order chi connectivity index (χ0) is 14.9. The van der Waals surface area contributed by atoms with Gasteiger partial charge >= 0.3 is 0 Å². The van der Waals surface area contributed by atoms with E-state index in [1.807, 2.05) is 24.3 Å². The number of carbonyl (C=O) groups excluding carboxylic acids is 1. The van der Waals surface area contributed by atoms with Crippen LogP contribution in [0.2, 0.25) is 0 Å². The van der Waals surface area contributed by atoms with Crippen molar-refractivity contribution in [1.82, 2.24) is 25.3 Å². The van der Waals surface area contributed by atoms with Crippen LogP contribution in [0.25, 0.3) is 5.65 Å². The Morgan fingerprint density at radius 3 is 2.64 bits per heavy atom. The maximum atomic E-state index is 11.7. The minimum absolute atomic E-state index is 0.103. The van der Waals surface area contributed by atoms with Crippen LogP contribution in [-0.2, 0) is 4.79 Å². The second-order valence-electron chi connectivity index (χ2n) is 5.21. The third-order valence-corrected chi connectivity index (χ3v) is 3.44. The van der Waals surface area contributed by atoms with E-state index in [9.17, 15) is 4.79 Å². The predicted molar refractivity (Wildman–Crippen MR) is 79.7 cm³/mol. The van der Waals surface area contributed by atoms with Gasteiger partial charge < -0.3 is 10.6 Å². The fourth-order valence-corrected chi connectivity index (χ4v) is 2.09. The first-order valence-electron chi connectivity index (χ1n) is 7.01. The molecule has 1 aliphatic rings. The van der Waals surface area contributed by atoms with Gasteiger partial charge in [-0.15, -0.1) is 14.8 Å². The van der Waals surface area contributed by atoms with E-state index >= 15 is 0 Å². The van der Waals surface area contributed by atoms with Crippen molar-refractivity contribution in [2.24, 2.45) is 5.92 Å². The van der Waals surface area contributed by atoms with E-state index in [2.05, 4.69) is 31.3 Å². The zero-order valence-electron chi connectivity index (χ0n) is 11.6. The van der Waals surface area contributed by atoms with Crippen LogP contribution in [0.15, 0.2) is 36.4 Å². The summed E-state index contributed by atoms with van der Waals surface area (Å²) in [6.07, 6.45) is 1.99. The van der Waals surface area contributed by atoms with Crippen LogP contribution in [0.5, 0.6) is 0 Å². The van der Waals surface area contributed by atoms with Crippen molar-refractivity contribution in [3.63, 3.8) is 0 Å². The molecule has 1 saturated carbocycles. The second-order valence-corrected chi connectivity index (χ2v) is 5.21. The number of carbonyl (C=O) groups is 1. The Morgan fingerprint density at radius 1 is 1.09 bits per heavy atom. The number of fused-ring (bicyclic) bond motifs is 1. The highest BCUT2D eigenvalue weighted by Gasteiger charge is 2.29. The Hall–Kier alpha value is -3.03. The van der Waals surface area contributed by atoms with Crippen molar-refractivity contribution < 1.29 is 4.79 Å². The van der Waals surface area contributed by atoms with E-state index in [0.29, 0.717) is 11.5 Å². The quantitative estimate of drug-likeness (QED) is 0.759. The Labute approximate surface area is 125 Å². The summed E-state index contributed by atoms with van der Waals surface area (Å²) < 4.78 is 1.35. The number of benzene rings is 1. The third kappa shape index (κ3) is 2.58. The summed E-state index contributed by atoms with van der Waals surface area (Å²) in [5, 5.41) is 21.4. The summed E-state index contributed by atoms with van der Waals surface area (Å²) in [6.45, 7) is 0. The summed E-state index contributed by atoms with van der Waals surface area (Å²) in [6, 6.07) is 11.1. The number of amides is 1. The number of hydrogen-bond donors (Lipinski definition) is 2. The molecule has 0 saturated heterocycles. The molecule has 4 rings (SSSR count). The molecular formula is C14H13N7O. The van der Waals surface area contributed by atoms with Gasteiger partial charge in [0, 0.05) is 17.3 Å². The van der Waals surface area contributed by atoms with Gasteiger partial charge in [0.05, 0.1) is 0 Å². The molecule has 2 N–H and O–H groups in total. The monoisotopic (exact) mass is 295 g/mol. The lowest BCUT2D eigenvalue weighted by atomic mass is 10.2. The van der Waals surface area contributed by atoms with Gasteiger partial charge in [-0.2, -0.15) is 0 Å². The highest BCUT2D eigenvalue weighted by atomic mass is 16.2. The standard InChI is InChI=1S/C14H13N7O/c22-14(9-1-2-9)16-11-5-3-10(4-6-11)15-12-7-8-13-17-19-20-21(13)18-12/h3-9H,1-2H2,(H,15,18)(H,16,22). The largest absolute Gasteiger partial charge is 0.339 e. The van der Waals surface area contributed by atoms with Crippen molar-refractivity contribution in [3.8, 4) is 0 Å². The Balaban J connectivity index is 1.46. The highest BCUT2D eigenvalue weighted by Crippen LogP contribution is 2.30. The third-order valence-electron chi connectivity index (χ3n) is 3.44. The molecule has 0 atom stereocenters. The second kappa shape index (κ2) is 5.06. The molecular weight excluding hydrogens is 282 g/mol. The maximum Gasteiger partial charge on any atom is 0.227 e. The van der Waals surface area contributed by atoms with Crippen LogP contribution < -0.4 is 10.6 Å². The molecule has 2 heterocycles. The predicted octanol–water partition coefficient (Wildman–Crippen LogP) is 1.61. The van der Waals surface area contributed by atoms with Gasteiger partial charge in [0.15, 0.2) is 11.5 Å². The lowest BCUT2D eigenvalue weighted by molar-refractivity contribution is -0.117. The average Bonchev–Trinajstić information content (AvgIpc) is 3.28. The van der Waals surface area contributed by atoms with Gasteiger partial charge in [-0.1, -0.05) is 0 Å². The number of nitrogens with one attached hydrogen (secondary N) is 2. The lowest BCUT2D eigenvalue weighted by Crippen LogP contribution is -2.13. The van der Waals surface area contributed by atoms with Gasteiger partial charge in [-0.3, -0.25) is 4.79 Å². The number of rotatable bonds is 4. The molecule has 0 aliphatic heterocycles. The first-order valence-corrected chi connectivity index (χ1v) is 7.01. The number of aromatic nitrogens is 5. The van der Waals surface area contributed by atoms with Crippen LogP contribution in [0.4, 0.5) is 17.2 Å². The van der Waals surface area contributed by atoms with Crippen LogP contribution >= 0.6 is 0 Å². The summed E-state index contributed by atoms with van der Waals surface area (Å²) >= 11 is 0. The van der Waals surface area contributed by atoms with Gasteiger partial charge in [0.1, 0.15) is 0 Å². The van der Waals surface area contributed by atoms with Crippen molar-refractivity contribution in [2.45, 2.75) is 12.8 Å². The maximum absolute atomic E-state index is 11.7. The molecule has 0 spiro atoms. The minimum Gasteiger partial charge on any atom is -0.339 e. The molecule has 1 fully saturated rings. The van der Waals surface area contributed by atoms with Crippen molar-refractivity contribution >= 4 is 28.7 Å². The van der Waals surface area contributed by atoms with Gasteiger partial charge in [0.2, 0.25) is 5.91 Å². The summed E-state index contributed by atoms with van der Waals surface area (Å²) in [5.41, 5.74) is 2.25. The molecule has 1 aromatic carbocycles. The average molecular weight is 295 g/mol. The molecule has 0 unspecified atom stereocenters. The topological polar surface area (TPSA) is 97.1 Å². The first-order chi connectivity index (χ1) is 10.8. The SMILES string of the molecule is O=C(Nc1ccc(Nc2ccc3nnnn3n2)cc1)C1CC1. The van der Waals surface area contributed by atoms with E-state index in [1.165, 1.54) is 4.63 Å². The van der Waals surface area contributed by atoms with Gasteiger partial charge in [-0.05, 0) is 59.7 Å². The Kier molecular flexibility index (Phi) is 2.92. The molecule has 110 valence electrons. The van der Waals surface area contributed by atoms with E-state index in [4.69, 9.17) is 0 Å². The van der Waals surface area contributed by atoms with Gasteiger partial charge in [-0.25, -0.2) is 0 Å². The molecule has 0 bridgehead atoms. The minimum atomic E-state index is 0.103. The highest BCUT2D eigenvalue weighted by molar-refractivity contribution is 5.94. The summed E-state index contributed by atoms with van der Waals surface area (Å²) in [7, 11) is 0. The number of hydrogen-bond acceptors (Lipinski definition) is 6. The summed E-state index contributed by atoms with van der Waals surface area (Å²) in [4.78, 5) is 11.7. The van der Waals surface area contributed by atoms with Crippen LogP contribution in [0, 0.1) is 5.92 Å². The van der Waals surface area contributed by atoms with Gasteiger partial charge in [0.25, 0.3) is 0 Å². The van der Waals surface area contributed by atoms with Crippen molar-refractivity contribution in [2.75, 3.05) is 10.6 Å². The molecule has 1 amide bonds. The zero-order valence-corrected chi connectivity index (χ0v) is 11.6. The molecule has 8 nitrogen and oxygen atoms in total. The molecule has 1 aliphatic carbocycles. The van der Waals surface area contributed by atoms with E-state index in [1.54, 1.807) is 12.1 Å². The van der Waals surface area contributed by atoms with Crippen molar-refractivity contribution in [3.05, 3.63) is 36.4 Å². The normalized spacial score (nSPS) is 14.0. The molecule has 0 radical (unpaired) electrons. The molecule has 8 heteroatoms. The van der Waals surface area contributed by atoms with Crippen molar-refractivity contribution in [1.29, 1.82) is 0 Å². The van der Waals surface area contributed by atoms with E-state index in [-0.39, 0.29) is 11.8 Å². The van der Waals surface area contributed by atoms with E-state index < -0.39 is 0 Å². The molecule has 3 aromatic rings.